The fourth-order valence-corrected chi connectivity index (χ4v) is 2.64. The van der Waals surface area contributed by atoms with Crippen molar-refractivity contribution in [2.75, 3.05) is 0 Å². The zero-order valence-electron chi connectivity index (χ0n) is 14.3. The topological polar surface area (TPSA) is 60.2 Å². The molecule has 0 fully saturated rings. The molecule has 1 aliphatic heterocycles. The molecule has 0 saturated heterocycles. The number of hydrogen-bond acceptors (Lipinski definition) is 5. The standard InChI is InChI=1S/C20H20N2O3/c1-15-14-20(2,25-21-15)19(23)24-22-18(17-11-7-4-8-12-17)13-16-9-5-3-6-10-16/h3-12H,13-14H2,1-2H3/b22-18+. The summed E-state index contributed by atoms with van der Waals surface area (Å²) in [6.07, 6.45) is 0.964. The Morgan fingerprint density at radius 2 is 1.80 bits per heavy atom. The highest BCUT2D eigenvalue weighted by atomic mass is 16.7. The van der Waals surface area contributed by atoms with Crippen molar-refractivity contribution in [3.05, 3.63) is 71.8 Å². The van der Waals surface area contributed by atoms with Crippen molar-refractivity contribution in [2.24, 2.45) is 10.3 Å². The maximum atomic E-state index is 12.4. The van der Waals surface area contributed by atoms with Crippen LogP contribution in [0.25, 0.3) is 0 Å². The summed E-state index contributed by atoms with van der Waals surface area (Å²) < 4.78 is 0. The van der Waals surface area contributed by atoms with Gasteiger partial charge in [-0.2, -0.15) is 0 Å². The molecule has 0 spiro atoms. The van der Waals surface area contributed by atoms with Crippen molar-refractivity contribution < 1.29 is 14.5 Å². The molecular weight excluding hydrogens is 316 g/mol. The van der Waals surface area contributed by atoms with Crippen molar-refractivity contribution in [1.82, 2.24) is 0 Å². The third-order valence-electron chi connectivity index (χ3n) is 3.99. The number of hydrogen-bond donors (Lipinski definition) is 0. The Labute approximate surface area is 146 Å². The van der Waals surface area contributed by atoms with E-state index in [0.29, 0.717) is 18.6 Å². The van der Waals surface area contributed by atoms with Crippen LogP contribution in [-0.4, -0.2) is 23.0 Å². The van der Waals surface area contributed by atoms with Crippen molar-refractivity contribution in [2.45, 2.75) is 32.3 Å². The minimum Gasteiger partial charge on any atom is -0.377 e. The zero-order chi connectivity index (χ0) is 17.7. The van der Waals surface area contributed by atoms with Crippen LogP contribution < -0.4 is 0 Å². The third-order valence-corrected chi connectivity index (χ3v) is 3.99. The first kappa shape index (κ1) is 16.9. The zero-order valence-corrected chi connectivity index (χ0v) is 14.3. The Kier molecular flexibility index (Phi) is 4.93. The van der Waals surface area contributed by atoms with Crippen LogP contribution in [0.15, 0.2) is 71.0 Å². The van der Waals surface area contributed by atoms with Gasteiger partial charge in [-0.3, -0.25) is 0 Å². The van der Waals surface area contributed by atoms with Crippen LogP contribution in [0.1, 0.15) is 31.4 Å². The SMILES string of the molecule is CC1=NOC(C)(C(=O)O/N=C(\Cc2ccccc2)c2ccccc2)C1. The van der Waals surface area contributed by atoms with Gasteiger partial charge in [-0.1, -0.05) is 71.0 Å². The van der Waals surface area contributed by atoms with Crippen molar-refractivity contribution in [3.8, 4) is 0 Å². The fraction of sp³-hybridized carbons (Fsp3) is 0.250. The van der Waals surface area contributed by atoms with Gasteiger partial charge in [-0.25, -0.2) is 4.79 Å². The van der Waals surface area contributed by atoms with Crippen LogP contribution >= 0.6 is 0 Å². The minimum absolute atomic E-state index is 0.403. The molecule has 1 heterocycles. The molecule has 0 aliphatic carbocycles. The van der Waals surface area contributed by atoms with Gasteiger partial charge in [0.2, 0.25) is 5.60 Å². The molecule has 0 radical (unpaired) electrons. The first-order valence-electron chi connectivity index (χ1n) is 8.16. The Morgan fingerprint density at radius 3 is 2.40 bits per heavy atom. The van der Waals surface area contributed by atoms with Crippen LogP contribution in [0, 0.1) is 0 Å². The lowest BCUT2D eigenvalue weighted by Crippen LogP contribution is -2.36. The van der Waals surface area contributed by atoms with Crippen LogP contribution in [0.2, 0.25) is 0 Å². The molecule has 2 aromatic carbocycles. The number of carbonyl (C=O) groups is 1. The van der Waals surface area contributed by atoms with E-state index in [-0.39, 0.29) is 0 Å². The van der Waals surface area contributed by atoms with Gasteiger partial charge in [0.05, 0.1) is 11.4 Å². The number of benzene rings is 2. The number of oxime groups is 2. The van der Waals surface area contributed by atoms with Crippen molar-refractivity contribution in [3.63, 3.8) is 0 Å². The van der Waals surface area contributed by atoms with Crippen LogP contribution in [-0.2, 0) is 20.9 Å². The largest absolute Gasteiger partial charge is 0.381 e. The minimum atomic E-state index is -1.11. The highest BCUT2D eigenvalue weighted by Crippen LogP contribution is 2.25. The van der Waals surface area contributed by atoms with Gasteiger partial charge >= 0.3 is 5.97 Å². The van der Waals surface area contributed by atoms with Gasteiger partial charge in [-0.15, -0.1) is 0 Å². The van der Waals surface area contributed by atoms with Crippen LogP contribution in [0.5, 0.6) is 0 Å². The maximum absolute atomic E-state index is 12.4. The van der Waals surface area contributed by atoms with Gasteiger partial charge in [0, 0.05) is 12.8 Å². The Bertz CT molecular complexity index is 800. The molecule has 0 aromatic heterocycles. The first-order chi connectivity index (χ1) is 12.1. The average Bonchev–Trinajstić information content (AvgIpc) is 3.00. The quantitative estimate of drug-likeness (QED) is 0.475. The molecule has 5 nitrogen and oxygen atoms in total. The second-order valence-electron chi connectivity index (χ2n) is 6.27. The highest BCUT2D eigenvalue weighted by Gasteiger charge is 2.43. The molecule has 5 heteroatoms. The van der Waals surface area contributed by atoms with E-state index in [0.717, 1.165) is 16.8 Å². The van der Waals surface area contributed by atoms with Gasteiger partial charge in [0.25, 0.3) is 0 Å². The van der Waals surface area contributed by atoms with E-state index in [9.17, 15) is 4.79 Å². The monoisotopic (exact) mass is 336 g/mol. The summed E-state index contributed by atoms with van der Waals surface area (Å²) in [6, 6.07) is 19.6. The van der Waals surface area contributed by atoms with E-state index in [2.05, 4.69) is 10.3 Å². The molecule has 1 aliphatic rings. The van der Waals surface area contributed by atoms with Crippen molar-refractivity contribution in [1.29, 1.82) is 0 Å². The third kappa shape index (κ3) is 4.12. The second-order valence-corrected chi connectivity index (χ2v) is 6.27. The van der Waals surface area contributed by atoms with Gasteiger partial charge < -0.3 is 9.68 Å². The predicted octanol–water partition coefficient (Wildman–Crippen LogP) is 3.73. The summed E-state index contributed by atoms with van der Waals surface area (Å²) >= 11 is 0. The molecule has 3 rings (SSSR count). The summed E-state index contributed by atoms with van der Waals surface area (Å²) in [5.41, 5.74) is 2.32. The number of nitrogens with zero attached hydrogens (tertiary/aromatic N) is 2. The van der Waals surface area contributed by atoms with E-state index in [1.807, 2.05) is 67.6 Å². The lowest BCUT2D eigenvalue weighted by Gasteiger charge is -2.17. The second kappa shape index (κ2) is 7.30. The summed E-state index contributed by atoms with van der Waals surface area (Å²) in [7, 11) is 0. The van der Waals surface area contributed by atoms with E-state index < -0.39 is 11.6 Å². The van der Waals surface area contributed by atoms with Gasteiger partial charge in [0.1, 0.15) is 0 Å². The first-order valence-corrected chi connectivity index (χ1v) is 8.16. The van der Waals surface area contributed by atoms with Gasteiger partial charge in [-0.05, 0) is 25.0 Å². The summed E-state index contributed by atoms with van der Waals surface area (Å²) in [4.78, 5) is 22.8. The van der Waals surface area contributed by atoms with Gasteiger partial charge in [0.15, 0.2) is 0 Å². The smallest absolute Gasteiger partial charge is 0.377 e. The predicted molar refractivity (Wildman–Crippen MR) is 96.4 cm³/mol. The lowest BCUT2D eigenvalue weighted by molar-refractivity contribution is -0.167. The van der Waals surface area contributed by atoms with E-state index in [1.165, 1.54) is 0 Å². The van der Waals surface area contributed by atoms with E-state index in [4.69, 9.17) is 9.68 Å². The molecule has 0 saturated carbocycles. The summed E-state index contributed by atoms with van der Waals surface area (Å²) in [5, 5.41) is 7.97. The molecular formula is C20H20N2O3. The van der Waals surface area contributed by atoms with E-state index in [1.54, 1.807) is 6.92 Å². The Balaban J connectivity index is 1.79. The van der Waals surface area contributed by atoms with E-state index >= 15 is 0 Å². The molecule has 128 valence electrons. The molecule has 1 unspecified atom stereocenters. The highest BCUT2D eigenvalue weighted by molar-refractivity contribution is 6.02. The maximum Gasteiger partial charge on any atom is 0.381 e. The van der Waals surface area contributed by atoms with Crippen molar-refractivity contribution >= 4 is 17.4 Å². The average molecular weight is 336 g/mol. The Hall–Kier alpha value is -2.95. The number of carbonyl (C=O) groups excluding carboxylic acids is 1. The Morgan fingerprint density at radius 1 is 1.16 bits per heavy atom. The number of rotatable bonds is 5. The molecule has 0 bridgehead atoms. The molecule has 1 atom stereocenters. The normalized spacial score (nSPS) is 19.9. The lowest BCUT2D eigenvalue weighted by atomic mass is 10.0. The molecule has 2 aromatic rings. The summed E-state index contributed by atoms with van der Waals surface area (Å²) in [6.45, 7) is 3.47. The molecule has 0 amide bonds. The molecule has 0 N–H and O–H groups in total. The van der Waals surface area contributed by atoms with Crippen LogP contribution in [0.4, 0.5) is 0 Å². The fourth-order valence-electron chi connectivity index (χ4n) is 2.64. The molecule has 25 heavy (non-hydrogen) atoms. The summed E-state index contributed by atoms with van der Waals surface area (Å²) in [5.74, 6) is -0.547. The van der Waals surface area contributed by atoms with Crippen LogP contribution in [0.3, 0.4) is 0 Å².